The predicted octanol–water partition coefficient (Wildman–Crippen LogP) is 2.66. The largest absolute Gasteiger partial charge is 0.458 e. The van der Waals surface area contributed by atoms with E-state index in [-0.39, 0.29) is 6.10 Å². The number of imidazole rings is 1. The highest BCUT2D eigenvalue weighted by Crippen LogP contribution is 2.13. The molecule has 0 aliphatic rings. The smallest absolute Gasteiger partial charge is 0.358 e. The fourth-order valence-electron chi connectivity index (χ4n) is 1.34. The number of fused-ring (bicyclic) bond motifs is 1. The Bertz CT molecular complexity index is 534. The lowest BCUT2D eigenvalue weighted by Gasteiger charge is -2.04. The lowest BCUT2D eigenvalue weighted by Crippen LogP contribution is -2.11. The minimum absolute atomic E-state index is 0.135. The molecule has 0 aliphatic heterocycles. The molecule has 0 bridgehead atoms. The van der Waals surface area contributed by atoms with Gasteiger partial charge in [0.05, 0.1) is 6.10 Å². The maximum Gasteiger partial charge on any atom is 0.358 e. The number of hydrogen-bond acceptors (Lipinski definition) is 3. The van der Waals surface area contributed by atoms with Crippen molar-refractivity contribution < 1.29 is 9.53 Å². The van der Waals surface area contributed by atoms with Crippen LogP contribution in [0.1, 0.15) is 24.3 Å². The molecule has 16 heavy (non-hydrogen) atoms. The monoisotopic (exact) mass is 282 g/mol. The van der Waals surface area contributed by atoms with Crippen molar-refractivity contribution in [3.8, 4) is 0 Å². The molecule has 2 aromatic heterocycles. The highest BCUT2D eigenvalue weighted by Gasteiger charge is 2.13. The van der Waals surface area contributed by atoms with Gasteiger partial charge in [-0.3, -0.25) is 0 Å². The second kappa shape index (κ2) is 4.25. The average molecular weight is 283 g/mol. The van der Waals surface area contributed by atoms with E-state index in [9.17, 15) is 4.79 Å². The first-order valence-corrected chi connectivity index (χ1v) is 5.71. The number of halogens is 1. The van der Waals surface area contributed by atoms with Crippen molar-refractivity contribution in [2.75, 3.05) is 0 Å². The van der Waals surface area contributed by atoms with Crippen LogP contribution in [-0.2, 0) is 4.74 Å². The van der Waals surface area contributed by atoms with E-state index in [0.717, 1.165) is 10.1 Å². The van der Waals surface area contributed by atoms with E-state index in [1.807, 2.05) is 32.2 Å². The van der Waals surface area contributed by atoms with Gasteiger partial charge in [-0.05, 0) is 41.9 Å². The van der Waals surface area contributed by atoms with E-state index in [0.29, 0.717) is 5.69 Å². The molecule has 0 saturated carbocycles. The van der Waals surface area contributed by atoms with Crippen LogP contribution >= 0.6 is 15.9 Å². The van der Waals surface area contributed by atoms with Gasteiger partial charge >= 0.3 is 5.97 Å². The molecule has 0 radical (unpaired) electrons. The second-order valence-electron chi connectivity index (χ2n) is 3.69. The van der Waals surface area contributed by atoms with Crippen LogP contribution in [0, 0.1) is 0 Å². The van der Waals surface area contributed by atoms with Gasteiger partial charge in [0.25, 0.3) is 0 Å². The van der Waals surface area contributed by atoms with Crippen molar-refractivity contribution >= 4 is 27.5 Å². The predicted molar refractivity (Wildman–Crippen MR) is 63.4 cm³/mol. The van der Waals surface area contributed by atoms with E-state index < -0.39 is 5.97 Å². The zero-order chi connectivity index (χ0) is 11.7. The van der Waals surface area contributed by atoms with Crippen LogP contribution in [-0.4, -0.2) is 21.5 Å². The maximum absolute atomic E-state index is 11.6. The van der Waals surface area contributed by atoms with Crippen LogP contribution in [0.4, 0.5) is 0 Å². The van der Waals surface area contributed by atoms with Gasteiger partial charge in [0, 0.05) is 16.9 Å². The summed E-state index contributed by atoms with van der Waals surface area (Å²) < 4.78 is 7.78. The topological polar surface area (TPSA) is 43.6 Å². The number of carbonyl (C=O) groups is 1. The summed E-state index contributed by atoms with van der Waals surface area (Å²) in [5.41, 5.74) is 1.05. The lowest BCUT2D eigenvalue weighted by atomic mass is 10.4. The Morgan fingerprint density at radius 1 is 1.44 bits per heavy atom. The second-order valence-corrected chi connectivity index (χ2v) is 4.61. The Labute approximate surface area is 101 Å². The van der Waals surface area contributed by atoms with Crippen molar-refractivity contribution in [3.05, 3.63) is 34.7 Å². The van der Waals surface area contributed by atoms with Crippen LogP contribution in [0.3, 0.4) is 0 Å². The molecular weight excluding hydrogens is 272 g/mol. The van der Waals surface area contributed by atoms with Gasteiger partial charge in [-0.15, -0.1) is 0 Å². The summed E-state index contributed by atoms with van der Waals surface area (Å²) in [4.78, 5) is 15.8. The highest BCUT2D eigenvalue weighted by atomic mass is 79.9. The fraction of sp³-hybridized carbons (Fsp3) is 0.273. The van der Waals surface area contributed by atoms with Gasteiger partial charge in [0.2, 0.25) is 0 Å². The van der Waals surface area contributed by atoms with Gasteiger partial charge in [0.1, 0.15) is 5.65 Å². The first-order chi connectivity index (χ1) is 7.56. The van der Waals surface area contributed by atoms with Gasteiger partial charge in [-0.25, -0.2) is 9.78 Å². The molecule has 0 saturated heterocycles. The number of hydrogen-bond donors (Lipinski definition) is 0. The van der Waals surface area contributed by atoms with Crippen molar-refractivity contribution in [1.29, 1.82) is 0 Å². The third kappa shape index (κ3) is 2.24. The molecule has 0 aromatic carbocycles. The molecule has 2 heterocycles. The summed E-state index contributed by atoms with van der Waals surface area (Å²) in [5.74, 6) is -0.394. The molecule has 0 amide bonds. The third-order valence-corrected chi connectivity index (χ3v) is 2.44. The number of carbonyl (C=O) groups excluding carboxylic acids is 1. The standard InChI is InChI=1S/C11H11BrN2O2/c1-7(2)16-11(15)9-6-14-5-8(12)3-4-10(14)13-9/h3-7H,1-2H3. The van der Waals surface area contributed by atoms with E-state index in [1.54, 1.807) is 10.6 Å². The number of pyridine rings is 1. The molecule has 84 valence electrons. The van der Waals surface area contributed by atoms with Crippen molar-refractivity contribution in [1.82, 2.24) is 9.38 Å². The minimum atomic E-state index is -0.394. The van der Waals surface area contributed by atoms with Crippen LogP contribution in [0.2, 0.25) is 0 Å². The van der Waals surface area contributed by atoms with Crippen LogP contribution in [0.5, 0.6) is 0 Å². The van der Waals surface area contributed by atoms with E-state index in [2.05, 4.69) is 20.9 Å². The van der Waals surface area contributed by atoms with E-state index >= 15 is 0 Å². The summed E-state index contributed by atoms with van der Waals surface area (Å²) >= 11 is 3.35. The average Bonchev–Trinajstić information content (AvgIpc) is 2.59. The molecule has 0 unspecified atom stereocenters. The number of ether oxygens (including phenoxy) is 1. The summed E-state index contributed by atoms with van der Waals surface area (Å²) in [6, 6.07) is 3.70. The summed E-state index contributed by atoms with van der Waals surface area (Å²) in [6.45, 7) is 3.62. The number of nitrogens with zero attached hydrogens (tertiary/aromatic N) is 2. The summed E-state index contributed by atoms with van der Waals surface area (Å²) in [6.07, 6.45) is 3.36. The van der Waals surface area contributed by atoms with Gasteiger partial charge < -0.3 is 9.14 Å². The Hall–Kier alpha value is -1.36. The SMILES string of the molecule is CC(C)OC(=O)c1cn2cc(Br)ccc2n1. The zero-order valence-corrected chi connectivity index (χ0v) is 10.6. The van der Waals surface area contributed by atoms with Gasteiger partial charge in [-0.1, -0.05) is 0 Å². The Kier molecular flexibility index (Phi) is 2.96. The Morgan fingerprint density at radius 2 is 2.19 bits per heavy atom. The van der Waals surface area contributed by atoms with Crippen molar-refractivity contribution in [2.24, 2.45) is 0 Å². The number of esters is 1. The molecule has 0 aliphatic carbocycles. The molecule has 4 nitrogen and oxygen atoms in total. The van der Waals surface area contributed by atoms with Gasteiger partial charge in [-0.2, -0.15) is 0 Å². The first kappa shape index (κ1) is 11.1. The number of aromatic nitrogens is 2. The molecule has 2 rings (SSSR count). The molecule has 5 heteroatoms. The van der Waals surface area contributed by atoms with Gasteiger partial charge in [0.15, 0.2) is 5.69 Å². The lowest BCUT2D eigenvalue weighted by molar-refractivity contribution is 0.0371. The quantitative estimate of drug-likeness (QED) is 0.796. The summed E-state index contributed by atoms with van der Waals surface area (Å²) in [5, 5.41) is 0. The number of rotatable bonds is 2. The third-order valence-electron chi connectivity index (χ3n) is 1.97. The fourth-order valence-corrected chi connectivity index (χ4v) is 1.69. The normalized spacial score (nSPS) is 11.0. The van der Waals surface area contributed by atoms with Crippen LogP contribution in [0.15, 0.2) is 29.0 Å². The maximum atomic E-state index is 11.6. The van der Waals surface area contributed by atoms with E-state index in [4.69, 9.17) is 4.74 Å². The minimum Gasteiger partial charge on any atom is -0.458 e. The molecule has 0 atom stereocenters. The molecular formula is C11H11BrN2O2. The zero-order valence-electron chi connectivity index (χ0n) is 8.98. The Morgan fingerprint density at radius 3 is 2.88 bits per heavy atom. The van der Waals surface area contributed by atoms with Crippen LogP contribution < -0.4 is 0 Å². The molecule has 0 fully saturated rings. The molecule has 0 N–H and O–H groups in total. The Balaban J connectivity index is 2.36. The van der Waals surface area contributed by atoms with E-state index in [1.165, 1.54) is 0 Å². The first-order valence-electron chi connectivity index (χ1n) is 4.91. The van der Waals surface area contributed by atoms with Crippen molar-refractivity contribution in [2.45, 2.75) is 20.0 Å². The highest BCUT2D eigenvalue weighted by molar-refractivity contribution is 9.10. The van der Waals surface area contributed by atoms with Crippen molar-refractivity contribution in [3.63, 3.8) is 0 Å². The molecule has 2 aromatic rings. The summed E-state index contributed by atoms with van der Waals surface area (Å²) in [7, 11) is 0. The molecule has 0 spiro atoms. The van der Waals surface area contributed by atoms with Crippen LogP contribution in [0.25, 0.3) is 5.65 Å².